The molecule has 0 aromatic heterocycles. The van der Waals surface area contributed by atoms with E-state index in [1.165, 1.54) is 0 Å². The van der Waals surface area contributed by atoms with Crippen LogP contribution in [0.2, 0.25) is 0 Å². The molecular formula is C7H10B2F4O6. The molecule has 0 aromatic carbocycles. The van der Waals surface area contributed by atoms with Gasteiger partial charge in [-0.3, -0.25) is 13.4 Å². The molecule has 0 radical (unpaired) electrons. The zero-order valence-electron chi connectivity index (χ0n) is 9.38. The van der Waals surface area contributed by atoms with Crippen LogP contribution in [0.25, 0.3) is 0 Å². The molecular weight excluding hydrogens is 278 g/mol. The molecule has 1 aliphatic rings. The van der Waals surface area contributed by atoms with Crippen LogP contribution in [0.4, 0.5) is 17.3 Å². The summed E-state index contributed by atoms with van der Waals surface area (Å²) < 4.78 is 55.1. The minimum Gasteiger partial charge on any atom is -0.476 e. The van der Waals surface area contributed by atoms with Crippen molar-refractivity contribution in [3.63, 3.8) is 0 Å². The van der Waals surface area contributed by atoms with Crippen LogP contribution in [0.5, 0.6) is 0 Å². The standard InChI is InChI=1S/C7H10B2F4O6/c10-8(11)18-5-3(14)1-7(17,2-4(5)15)6(16)19-9(12)13/h3-5,14-15,17H,1-2H2/t3-,4-,5?,7?/m1/s1. The van der Waals surface area contributed by atoms with E-state index in [0.717, 1.165) is 0 Å². The van der Waals surface area contributed by atoms with Gasteiger partial charge < -0.3 is 24.6 Å². The van der Waals surface area contributed by atoms with E-state index in [-0.39, 0.29) is 0 Å². The van der Waals surface area contributed by atoms with E-state index in [2.05, 4.69) is 9.31 Å². The van der Waals surface area contributed by atoms with Crippen LogP contribution in [0.1, 0.15) is 12.8 Å². The van der Waals surface area contributed by atoms with Crippen molar-refractivity contribution in [1.29, 1.82) is 0 Å². The SMILES string of the molecule is O=C(OB(F)F)C1(O)C[C@@H](O)C(OB(F)F)[C@H](O)C1. The largest absolute Gasteiger partial charge is 0.798 e. The van der Waals surface area contributed by atoms with Gasteiger partial charge in [0, 0.05) is 12.8 Å². The predicted octanol–water partition coefficient (Wildman–Crippen LogP) is -0.991. The van der Waals surface area contributed by atoms with Gasteiger partial charge in [-0.15, -0.1) is 0 Å². The minimum atomic E-state index is -3.49. The molecule has 0 spiro atoms. The molecule has 19 heavy (non-hydrogen) atoms. The van der Waals surface area contributed by atoms with Crippen LogP contribution >= 0.6 is 0 Å². The Morgan fingerprint density at radius 3 is 1.95 bits per heavy atom. The van der Waals surface area contributed by atoms with Gasteiger partial charge >= 0.3 is 20.9 Å². The van der Waals surface area contributed by atoms with Crippen molar-refractivity contribution in [2.45, 2.75) is 36.8 Å². The highest BCUT2D eigenvalue weighted by Gasteiger charge is 2.52. The van der Waals surface area contributed by atoms with Crippen LogP contribution in [-0.2, 0) is 14.1 Å². The highest BCUT2D eigenvalue weighted by atomic mass is 19.2. The summed E-state index contributed by atoms with van der Waals surface area (Å²) in [6, 6.07) is 0. The third-order valence-corrected chi connectivity index (χ3v) is 2.69. The fraction of sp³-hybridized carbons (Fsp3) is 0.857. The summed E-state index contributed by atoms with van der Waals surface area (Å²) in [6.45, 7) is 0. The monoisotopic (exact) mass is 288 g/mol. The van der Waals surface area contributed by atoms with E-state index in [1.807, 2.05) is 0 Å². The van der Waals surface area contributed by atoms with Crippen LogP contribution in [-0.4, -0.2) is 60.1 Å². The Hall–Kier alpha value is -0.840. The highest BCUT2D eigenvalue weighted by molar-refractivity contribution is 6.37. The second kappa shape index (κ2) is 6.07. The third-order valence-electron chi connectivity index (χ3n) is 2.69. The molecule has 1 fully saturated rings. The van der Waals surface area contributed by atoms with Gasteiger partial charge in [0.1, 0.15) is 0 Å². The predicted molar refractivity (Wildman–Crippen MR) is 53.1 cm³/mol. The van der Waals surface area contributed by atoms with Gasteiger partial charge in [-0.25, -0.2) is 8.63 Å². The molecule has 1 aliphatic carbocycles. The van der Waals surface area contributed by atoms with E-state index in [0.29, 0.717) is 0 Å². The molecule has 0 saturated heterocycles. The van der Waals surface area contributed by atoms with Crippen molar-refractivity contribution >= 4 is 20.9 Å². The molecule has 2 atom stereocenters. The third kappa shape index (κ3) is 4.06. The van der Waals surface area contributed by atoms with E-state index >= 15 is 0 Å². The number of halogens is 4. The maximum atomic E-state index is 12.0. The average molecular weight is 288 g/mol. The highest BCUT2D eigenvalue weighted by Crippen LogP contribution is 2.32. The minimum absolute atomic E-state index is 0.868. The number of hydrogen-bond acceptors (Lipinski definition) is 6. The fourth-order valence-electron chi connectivity index (χ4n) is 1.92. The zero-order valence-corrected chi connectivity index (χ0v) is 9.38. The number of aliphatic hydroxyl groups is 3. The summed E-state index contributed by atoms with van der Waals surface area (Å²) in [7, 11) is -6.77. The molecule has 1 rings (SSSR count). The fourth-order valence-corrected chi connectivity index (χ4v) is 1.92. The van der Waals surface area contributed by atoms with Crippen LogP contribution in [0.3, 0.4) is 0 Å². The van der Waals surface area contributed by atoms with Crippen LogP contribution in [0.15, 0.2) is 0 Å². The average Bonchev–Trinajstić information content (AvgIpc) is 2.22. The normalized spacial score (nSPS) is 34.8. The Morgan fingerprint density at radius 2 is 1.58 bits per heavy atom. The molecule has 12 heteroatoms. The second-order valence-corrected chi connectivity index (χ2v) is 4.10. The number of hydrogen-bond donors (Lipinski definition) is 3. The first-order valence-electron chi connectivity index (χ1n) is 5.17. The molecule has 1 saturated carbocycles. The van der Waals surface area contributed by atoms with E-state index in [9.17, 15) is 37.4 Å². The second-order valence-electron chi connectivity index (χ2n) is 4.10. The Balaban J connectivity index is 2.75. The quantitative estimate of drug-likeness (QED) is 0.454. The van der Waals surface area contributed by atoms with Crippen LogP contribution in [0, 0.1) is 0 Å². The Morgan fingerprint density at radius 1 is 1.11 bits per heavy atom. The van der Waals surface area contributed by atoms with E-state index in [1.54, 1.807) is 0 Å². The Kier molecular flexibility index (Phi) is 5.18. The molecule has 0 aliphatic heterocycles. The van der Waals surface area contributed by atoms with Crippen molar-refractivity contribution < 1.29 is 46.7 Å². The lowest BCUT2D eigenvalue weighted by molar-refractivity contribution is -0.184. The summed E-state index contributed by atoms with van der Waals surface area (Å²) in [4.78, 5) is 11.2. The lowest BCUT2D eigenvalue weighted by atomic mass is 9.79. The number of carbonyl (C=O) groups is 1. The Labute approximate surface area is 105 Å². The van der Waals surface area contributed by atoms with Gasteiger partial charge in [-0.1, -0.05) is 0 Å². The topological polar surface area (TPSA) is 96.2 Å². The summed E-state index contributed by atoms with van der Waals surface area (Å²) in [5, 5.41) is 28.6. The van der Waals surface area contributed by atoms with Gasteiger partial charge in [-0.2, -0.15) is 0 Å². The lowest BCUT2D eigenvalue weighted by Crippen LogP contribution is -2.58. The maximum Gasteiger partial charge on any atom is 0.798 e. The number of rotatable bonds is 4. The van der Waals surface area contributed by atoms with Gasteiger partial charge in [0.05, 0.1) is 18.3 Å². The summed E-state index contributed by atoms with van der Waals surface area (Å²) in [6.07, 6.45) is -7.15. The van der Waals surface area contributed by atoms with Gasteiger partial charge in [0.2, 0.25) is 0 Å². The van der Waals surface area contributed by atoms with E-state index in [4.69, 9.17) is 0 Å². The van der Waals surface area contributed by atoms with Crippen molar-refractivity contribution in [1.82, 2.24) is 0 Å². The summed E-state index contributed by atoms with van der Waals surface area (Å²) >= 11 is 0. The maximum absolute atomic E-state index is 12.0. The first-order chi connectivity index (χ1) is 8.65. The molecule has 0 amide bonds. The summed E-state index contributed by atoms with van der Waals surface area (Å²) in [5.41, 5.74) is -2.59. The number of carbonyl (C=O) groups excluding carboxylic acids is 1. The zero-order chi connectivity index (χ0) is 14.8. The summed E-state index contributed by atoms with van der Waals surface area (Å²) in [5.74, 6) is -1.75. The van der Waals surface area contributed by atoms with E-state index < -0.39 is 57.7 Å². The van der Waals surface area contributed by atoms with Crippen molar-refractivity contribution in [3.05, 3.63) is 0 Å². The molecule has 0 unspecified atom stereocenters. The van der Waals surface area contributed by atoms with Crippen molar-refractivity contribution in [2.75, 3.05) is 0 Å². The number of aliphatic hydroxyl groups excluding tert-OH is 2. The first kappa shape index (κ1) is 16.2. The molecule has 0 bridgehead atoms. The lowest BCUT2D eigenvalue weighted by Gasteiger charge is -2.40. The van der Waals surface area contributed by atoms with Gasteiger partial charge in [0.15, 0.2) is 5.60 Å². The molecule has 0 heterocycles. The molecule has 0 aromatic rings. The smallest absolute Gasteiger partial charge is 0.476 e. The molecule has 3 N–H and O–H groups in total. The van der Waals surface area contributed by atoms with Gasteiger partial charge in [-0.05, 0) is 0 Å². The van der Waals surface area contributed by atoms with Crippen molar-refractivity contribution in [3.8, 4) is 0 Å². The Bertz CT molecular complexity index is 321. The van der Waals surface area contributed by atoms with Crippen LogP contribution < -0.4 is 0 Å². The molecule has 6 nitrogen and oxygen atoms in total. The van der Waals surface area contributed by atoms with Crippen molar-refractivity contribution in [2.24, 2.45) is 0 Å². The first-order valence-corrected chi connectivity index (χ1v) is 5.17. The molecule has 108 valence electrons. The van der Waals surface area contributed by atoms with Gasteiger partial charge in [0.25, 0.3) is 0 Å².